The number of nitrogens with zero attached hydrogens (tertiary/aromatic N) is 3. The van der Waals surface area contributed by atoms with Crippen LogP contribution in [0.3, 0.4) is 0 Å². The van der Waals surface area contributed by atoms with E-state index in [1.807, 2.05) is 43.9 Å². The molecule has 0 saturated carbocycles. The summed E-state index contributed by atoms with van der Waals surface area (Å²) in [5, 5.41) is 5.79. The Labute approximate surface area is 182 Å². The summed E-state index contributed by atoms with van der Waals surface area (Å²) in [6.07, 6.45) is -0.204. The van der Waals surface area contributed by atoms with Gasteiger partial charge in [-0.1, -0.05) is 30.3 Å². The van der Waals surface area contributed by atoms with Gasteiger partial charge >= 0.3 is 6.09 Å². The molecule has 1 aromatic heterocycles. The van der Waals surface area contributed by atoms with Crippen LogP contribution in [0.1, 0.15) is 32.9 Å². The average Bonchev–Trinajstić information content (AvgIpc) is 3.16. The lowest BCUT2D eigenvalue weighted by molar-refractivity contribution is -0.132. The molecular weight excluding hydrogens is 400 g/mol. The topological polar surface area (TPSA) is 74.8 Å². The number of alkyl carbamates (subject to hydrolysis) is 1. The lowest BCUT2D eigenvalue weighted by Gasteiger charge is -2.34. The molecule has 7 nitrogen and oxygen atoms in total. The quantitative estimate of drug-likeness (QED) is 0.761. The van der Waals surface area contributed by atoms with E-state index in [0.717, 1.165) is 35.9 Å². The van der Waals surface area contributed by atoms with Crippen LogP contribution in [0.2, 0.25) is 0 Å². The fraction of sp³-hybridized carbons (Fsp3) is 0.500. The summed E-state index contributed by atoms with van der Waals surface area (Å²) in [5.41, 5.74) is 1.67. The molecule has 1 fully saturated rings. The van der Waals surface area contributed by atoms with E-state index >= 15 is 0 Å². The number of benzene rings is 1. The molecule has 8 heteroatoms. The van der Waals surface area contributed by atoms with E-state index in [2.05, 4.69) is 27.7 Å². The lowest BCUT2D eigenvalue weighted by Crippen LogP contribution is -2.48. The Morgan fingerprint density at radius 3 is 2.50 bits per heavy atom. The fourth-order valence-electron chi connectivity index (χ4n) is 3.22. The van der Waals surface area contributed by atoms with Gasteiger partial charge in [0.1, 0.15) is 10.6 Å². The maximum Gasteiger partial charge on any atom is 0.407 e. The first-order valence-electron chi connectivity index (χ1n) is 10.3. The van der Waals surface area contributed by atoms with Crippen molar-refractivity contribution in [1.29, 1.82) is 0 Å². The third kappa shape index (κ3) is 6.81. The first-order chi connectivity index (χ1) is 14.3. The number of aromatic nitrogens is 1. The summed E-state index contributed by atoms with van der Waals surface area (Å²) in [6, 6.07) is 10.2. The predicted octanol–water partition coefficient (Wildman–Crippen LogP) is 3.37. The number of thiazole rings is 1. The number of hydrogen-bond acceptors (Lipinski definition) is 6. The van der Waals surface area contributed by atoms with E-state index in [1.54, 1.807) is 11.3 Å². The highest BCUT2D eigenvalue weighted by atomic mass is 32.1. The molecule has 1 aromatic carbocycles. The highest BCUT2D eigenvalue weighted by molar-refractivity contribution is 7.13. The van der Waals surface area contributed by atoms with Gasteiger partial charge in [0.25, 0.3) is 0 Å². The van der Waals surface area contributed by atoms with Crippen LogP contribution in [0.5, 0.6) is 0 Å². The number of amides is 2. The van der Waals surface area contributed by atoms with Gasteiger partial charge in [-0.3, -0.25) is 9.69 Å². The monoisotopic (exact) mass is 430 g/mol. The zero-order valence-corrected chi connectivity index (χ0v) is 18.7. The summed E-state index contributed by atoms with van der Waals surface area (Å²) >= 11 is 1.66. The van der Waals surface area contributed by atoms with Crippen LogP contribution >= 0.6 is 11.3 Å². The third-order valence-electron chi connectivity index (χ3n) is 4.69. The summed E-state index contributed by atoms with van der Waals surface area (Å²) in [6.45, 7) is 9.55. The van der Waals surface area contributed by atoms with Crippen molar-refractivity contribution in [1.82, 2.24) is 20.1 Å². The van der Waals surface area contributed by atoms with E-state index < -0.39 is 11.7 Å². The van der Waals surface area contributed by atoms with Crippen molar-refractivity contribution in [2.75, 3.05) is 32.7 Å². The predicted molar refractivity (Wildman–Crippen MR) is 118 cm³/mol. The molecule has 0 aliphatic carbocycles. The Kier molecular flexibility index (Phi) is 7.44. The third-order valence-corrected chi connectivity index (χ3v) is 5.63. The molecular formula is C22H30N4O3S. The molecule has 0 spiro atoms. The number of ether oxygens (including phenoxy) is 1. The minimum absolute atomic E-state index is 0.0609. The first-order valence-corrected chi connectivity index (χ1v) is 11.1. The molecule has 0 bridgehead atoms. The highest BCUT2D eigenvalue weighted by Crippen LogP contribution is 2.24. The van der Waals surface area contributed by atoms with Gasteiger partial charge in [0.15, 0.2) is 0 Å². The minimum atomic E-state index is -0.538. The van der Waals surface area contributed by atoms with Gasteiger partial charge < -0.3 is 15.0 Å². The lowest BCUT2D eigenvalue weighted by atomic mass is 10.2. The van der Waals surface area contributed by atoms with Gasteiger partial charge in [-0.2, -0.15) is 0 Å². The van der Waals surface area contributed by atoms with Crippen LogP contribution in [-0.2, 0) is 16.1 Å². The van der Waals surface area contributed by atoms with Crippen molar-refractivity contribution in [3.8, 4) is 10.6 Å². The average molecular weight is 431 g/mol. The molecule has 1 aliphatic rings. The Bertz CT molecular complexity index is 840. The number of rotatable bonds is 6. The molecule has 0 atom stereocenters. The summed E-state index contributed by atoms with van der Waals surface area (Å²) in [7, 11) is 0. The number of carbonyl (C=O) groups is 2. The second-order valence-electron chi connectivity index (χ2n) is 8.35. The van der Waals surface area contributed by atoms with Crippen LogP contribution in [0.15, 0.2) is 35.7 Å². The van der Waals surface area contributed by atoms with Crippen LogP contribution in [0.4, 0.5) is 4.79 Å². The Hall–Kier alpha value is -2.45. The van der Waals surface area contributed by atoms with Gasteiger partial charge in [-0.05, 0) is 20.8 Å². The first kappa shape index (κ1) is 22.2. The molecule has 162 valence electrons. The Morgan fingerprint density at radius 2 is 1.83 bits per heavy atom. The zero-order valence-electron chi connectivity index (χ0n) is 17.9. The maximum absolute atomic E-state index is 12.4. The van der Waals surface area contributed by atoms with E-state index in [1.165, 1.54) is 0 Å². The zero-order chi connectivity index (χ0) is 21.6. The smallest absolute Gasteiger partial charge is 0.407 e. The second-order valence-corrected chi connectivity index (χ2v) is 9.20. The molecule has 2 amide bonds. The molecule has 1 saturated heterocycles. The summed E-state index contributed by atoms with van der Waals surface area (Å²) < 4.78 is 5.18. The van der Waals surface area contributed by atoms with Crippen LogP contribution in [0, 0.1) is 0 Å². The van der Waals surface area contributed by atoms with Crippen LogP contribution in [0.25, 0.3) is 10.6 Å². The SMILES string of the molecule is CC(C)(C)OC(=O)NCCC(=O)N1CCN(Cc2csc(-c3ccccc3)n2)CC1. The van der Waals surface area contributed by atoms with Crippen molar-refractivity contribution in [2.24, 2.45) is 0 Å². The molecule has 1 N–H and O–H groups in total. The van der Waals surface area contributed by atoms with E-state index in [0.29, 0.717) is 13.1 Å². The molecule has 0 radical (unpaired) electrons. The Morgan fingerprint density at radius 1 is 1.13 bits per heavy atom. The maximum atomic E-state index is 12.4. The molecule has 3 rings (SSSR count). The van der Waals surface area contributed by atoms with Crippen molar-refractivity contribution in [3.63, 3.8) is 0 Å². The normalized spacial score (nSPS) is 15.1. The van der Waals surface area contributed by atoms with Crippen LogP contribution < -0.4 is 5.32 Å². The number of hydrogen-bond donors (Lipinski definition) is 1. The van der Waals surface area contributed by atoms with Gasteiger partial charge in [0.2, 0.25) is 5.91 Å². The van der Waals surface area contributed by atoms with Crippen molar-refractivity contribution < 1.29 is 14.3 Å². The minimum Gasteiger partial charge on any atom is -0.444 e. The molecule has 30 heavy (non-hydrogen) atoms. The van der Waals surface area contributed by atoms with Gasteiger partial charge in [-0.15, -0.1) is 11.3 Å². The number of carbonyl (C=O) groups excluding carboxylic acids is 2. The molecule has 2 aromatic rings. The van der Waals surface area contributed by atoms with E-state index in [4.69, 9.17) is 9.72 Å². The summed E-state index contributed by atoms with van der Waals surface area (Å²) in [4.78, 5) is 33.0. The number of piperazine rings is 1. The summed E-state index contributed by atoms with van der Waals surface area (Å²) in [5.74, 6) is 0.0609. The highest BCUT2D eigenvalue weighted by Gasteiger charge is 2.22. The van der Waals surface area contributed by atoms with Gasteiger partial charge in [0, 0.05) is 56.6 Å². The van der Waals surface area contributed by atoms with Crippen LogP contribution in [-0.4, -0.2) is 65.1 Å². The van der Waals surface area contributed by atoms with Gasteiger partial charge in [0.05, 0.1) is 5.69 Å². The van der Waals surface area contributed by atoms with Crippen molar-refractivity contribution >= 4 is 23.3 Å². The molecule has 0 unspecified atom stereocenters. The second kappa shape index (κ2) is 10.0. The van der Waals surface area contributed by atoms with E-state index in [-0.39, 0.29) is 18.9 Å². The van der Waals surface area contributed by atoms with E-state index in [9.17, 15) is 9.59 Å². The van der Waals surface area contributed by atoms with Crippen molar-refractivity contribution in [3.05, 3.63) is 41.4 Å². The number of nitrogens with one attached hydrogen (secondary N) is 1. The fourth-order valence-corrected chi connectivity index (χ4v) is 4.04. The molecule has 2 heterocycles. The van der Waals surface area contributed by atoms with Crippen molar-refractivity contribution in [2.45, 2.75) is 39.3 Å². The Balaban J connectivity index is 1.38. The largest absolute Gasteiger partial charge is 0.444 e. The van der Waals surface area contributed by atoms with Gasteiger partial charge in [-0.25, -0.2) is 9.78 Å². The molecule has 1 aliphatic heterocycles. The standard InChI is InChI=1S/C22H30N4O3S/c1-22(2,3)29-21(28)23-10-9-19(27)26-13-11-25(12-14-26)15-18-16-30-20(24-18)17-7-5-4-6-8-17/h4-8,16H,9-15H2,1-3H3,(H,23,28).